The molecule has 11 heteroatoms. The van der Waals surface area contributed by atoms with Gasteiger partial charge in [0, 0.05) is 40.6 Å². The normalized spacial score (nSPS) is 9.97. The number of amides is 4. The average molecular weight is 421 g/mol. The lowest BCUT2D eigenvalue weighted by Crippen LogP contribution is -2.21. The summed E-state index contributed by atoms with van der Waals surface area (Å²) in [4.78, 5) is 34.6. The number of anilines is 5. The Bertz CT molecular complexity index is 1120. The standard InChI is InChI=1S/C20H17N6O5/c27-19(23-15-6-2-8-17(11-15)25-29)21-13-4-1-5-14(10-13)22-20(28)24-16-7-3-9-18(12-16)26(30)31/h1-12,25H,(H2,21,23,27)(H2,22,24,28)/q-1. The number of carbonyl (C=O) groups excluding carboxylic acids is 2. The van der Waals surface area contributed by atoms with Gasteiger partial charge < -0.3 is 32.0 Å². The summed E-state index contributed by atoms with van der Waals surface area (Å²) in [5, 5.41) is 31.8. The first-order valence-corrected chi connectivity index (χ1v) is 8.92. The Morgan fingerprint density at radius 1 is 0.645 bits per heavy atom. The fourth-order valence-corrected chi connectivity index (χ4v) is 2.62. The number of hydrogen-bond acceptors (Lipinski definition) is 6. The van der Waals surface area contributed by atoms with Crippen molar-refractivity contribution in [2.24, 2.45) is 0 Å². The summed E-state index contributed by atoms with van der Waals surface area (Å²) in [6.45, 7) is 0. The highest BCUT2D eigenvalue weighted by molar-refractivity contribution is 6.02. The van der Waals surface area contributed by atoms with E-state index in [1.54, 1.807) is 41.9 Å². The zero-order valence-corrected chi connectivity index (χ0v) is 15.9. The van der Waals surface area contributed by atoms with E-state index in [2.05, 4.69) is 21.3 Å². The number of carbonyl (C=O) groups is 2. The summed E-state index contributed by atoms with van der Waals surface area (Å²) in [5.74, 6) is 0. The fourth-order valence-electron chi connectivity index (χ4n) is 2.62. The highest BCUT2D eigenvalue weighted by Crippen LogP contribution is 2.19. The van der Waals surface area contributed by atoms with Crippen LogP contribution in [0.15, 0.2) is 72.8 Å². The number of urea groups is 2. The summed E-state index contributed by atoms with van der Waals surface area (Å²) >= 11 is 0. The Balaban J connectivity index is 1.59. The van der Waals surface area contributed by atoms with Gasteiger partial charge in [-0.3, -0.25) is 10.1 Å². The number of rotatable bonds is 6. The van der Waals surface area contributed by atoms with Crippen LogP contribution in [0.2, 0.25) is 0 Å². The molecule has 0 unspecified atom stereocenters. The lowest BCUT2D eigenvalue weighted by molar-refractivity contribution is -0.384. The first kappa shape index (κ1) is 21.1. The number of nitro benzene ring substituents is 1. The Hall–Kier alpha value is -4.64. The van der Waals surface area contributed by atoms with Crippen LogP contribution < -0.4 is 26.7 Å². The minimum absolute atomic E-state index is 0.147. The van der Waals surface area contributed by atoms with Gasteiger partial charge in [0.15, 0.2) is 0 Å². The van der Waals surface area contributed by atoms with E-state index in [4.69, 9.17) is 0 Å². The quantitative estimate of drug-likeness (QED) is 0.284. The van der Waals surface area contributed by atoms with Crippen LogP contribution in [0, 0.1) is 15.3 Å². The van der Waals surface area contributed by atoms with Crippen LogP contribution in [0.4, 0.5) is 43.7 Å². The molecule has 0 bridgehead atoms. The summed E-state index contributed by atoms with van der Waals surface area (Å²) in [5.41, 5.74) is 3.37. The number of benzene rings is 3. The van der Waals surface area contributed by atoms with E-state index in [0.717, 1.165) is 0 Å². The van der Waals surface area contributed by atoms with Crippen molar-refractivity contribution in [3.05, 3.63) is 88.1 Å². The molecule has 3 aromatic carbocycles. The molecule has 0 saturated carbocycles. The third kappa shape index (κ3) is 6.17. The molecule has 4 amide bonds. The molecule has 3 aromatic rings. The molecule has 11 nitrogen and oxygen atoms in total. The van der Waals surface area contributed by atoms with Crippen molar-refractivity contribution in [3.63, 3.8) is 0 Å². The zero-order valence-electron chi connectivity index (χ0n) is 15.9. The van der Waals surface area contributed by atoms with Crippen molar-refractivity contribution < 1.29 is 14.5 Å². The lowest BCUT2D eigenvalue weighted by atomic mass is 10.2. The van der Waals surface area contributed by atoms with Gasteiger partial charge in [0.1, 0.15) is 0 Å². The molecule has 0 aromatic heterocycles. The highest BCUT2D eigenvalue weighted by Gasteiger charge is 2.09. The molecule has 0 fully saturated rings. The SMILES string of the molecule is O=C(Nc1cccc(N[O-])c1)Nc1cccc(NC(=O)Nc2cccc([N+](=O)[O-])c2)c1. The van der Waals surface area contributed by atoms with Gasteiger partial charge in [-0.05, 0) is 42.5 Å². The number of non-ortho nitro benzene ring substituents is 1. The molecule has 0 aliphatic heterocycles. The highest BCUT2D eigenvalue weighted by atomic mass is 16.6. The van der Waals surface area contributed by atoms with E-state index >= 15 is 0 Å². The maximum Gasteiger partial charge on any atom is 0.323 e. The van der Waals surface area contributed by atoms with E-state index in [-0.39, 0.29) is 11.4 Å². The minimum atomic E-state index is -0.607. The molecule has 0 spiro atoms. The maximum atomic E-state index is 12.2. The predicted molar refractivity (Wildman–Crippen MR) is 118 cm³/mol. The lowest BCUT2D eigenvalue weighted by Gasteiger charge is -2.13. The molecule has 0 atom stereocenters. The van der Waals surface area contributed by atoms with Gasteiger partial charge in [0.05, 0.1) is 4.92 Å². The first-order chi connectivity index (χ1) is 14.9. The van der Waals surface area contributed by atoms with Crippen LogP contribution in [0.3, 0.4) is 0 Å². The summed E-state index contributed by atoms with van der Waals surface area (Å²) in [6.07, 6.45) is 0. The van der Waals surface area contributed by atoms with Gasteiger partial charge in [0.2, 0.25) is 0 Å². The number of nitrogens with zero attached hydrogens (tertiary/aromatic N) is 1. The molecule has 31 heavy (non-hydrogen) atoms. The third-order valence-corrected chi connectivity index (χ3v) is 3.93. The molecule has 0 aliphatic carbocycles. The van der Waals surface area contributed by atoms with E-state index in [1.807, 2.05) is 0 Å². The molecule has 5 N–H and O–H groups in total. The Morgan fingerprint density at radius 3 is 1.48 bits per heavy atom. The maximum absolute atomic E-state index is 12.2. The molecular weight excluding hydrogens is 404 g/mol. The molecule has 0 aliphatic rings. The van der Waals surface area contributed by atoms with Crippen molar-refractivity contribution in [2.45, 2.75) is 0 Å². The summed E-state index contributed by atoms with van der Waals surface area (Å²) in [7, 11) is 0. The van der Waals surface area contributed by atoms with Crippen molar-refractivity contribution in [3.8, 4) is 0 Å². The average Bonchev–Trinajstić information content (AvgIpc) is 2.74. The monoisotopic (exact) mass is 421 g/mol. The minimum Gasteiger partial charge on any atom is -0.761 e. The van der Waals surface area contributed by atoms with Crippen molar-refractivity contribution in [2.75, 3.05) is 26.7 Å². The van der Waals surface area contributed by atoms with Gasteiger partial charge in [-0.2, -0.15) is 0 Å². The number of nitrogens with one attached hydrogen (secondary N) is 5. The number of hydrogen-bond donors (Lipinski definition) is 5. The summed E-state index contributed by atoms with van der Waals surface area (Å²) in [6, 6.07) is 17.0. The van der Waals surface area contributed by atoms with E-state index in [0.29, 0.717) is 22.7 Å². The van der Waals surface area contributed by atoms with Gasteiger partial charge in [-0.25, -0.2) is 9.59 Å². The van der Waals surface area contributed by atoms with E-state index < -0.39 is 17.0 Å². The van der Waals surface area contributed by atoms with Gasteiger partial charge in [-0.15, -0.1) is 0 Å². The van der Waals surface area contributed by atoms with Gasteiger partial charge >= 0.3 is 12.1 Å². The van der Waals surface area contributed by atoms with Crippen LogP contribution in [0.1, 0.15) is 0 Å². The van der Waals surface area contributed by atoms with Crippen LogP contribution >= 0.6 is 0 Å². The van der Waals surface area contributed by atoms with Crippen molar-refractivity contribution >= 4 is 46.2 Å². The summed E-state index contributed by atoms with van der Waals surface area (Å²) < 4.78 is 0. The smallest absolute Gasteiger partial charge is 0.323 e. The Labute approximate surface area is 176 Å². The van der Waals surface area contributed by atoms with Crippen LogP contribution in [0.5, 0.6) is 0 Å². The molecule has 0 radical (unpaired) electrons. The Morgan fingerprint density at radius 2 is 1.03 bits per heavy atom. The largest absolute Gasteiger partial charge is 0.761 e. The Kier molecular flexibility index (Phi) is 6.60. The molecule has 3 rings (SSSR count). The van der Waals surface area contributed by atoms with Crippen molar-refractivity contribution in [1.82, 2.24) is 0 Å². The molecular formula is C20H17N6O5-. The number of nitro groups is 1. The van der Waals surface area contributed by atoms with Crippen LogP contribution in [0.25, 0.3) is 0 Å². The molecule has 0 saturated heterocycles. The van der Waals surface area contributed by atoms with Crippen LogP contribution in [-0.4, -0.2) is 17.0 Å². The topological polar surface area (TPSA) is 160 Å². The first-order valence-electron chi connectivity index (χ1n) is 8.92. The van der Waals surface area contributed by atoms with E-state index in [1.165, 1.54) is 36.4 Å². The molecule has 158 valence electrons. The molecule has 0 heterocycles. The third-order valence-electron chi connectivity index (χ3n) is 3.93. The fraction of sp³-hybridized carbons (Fsp3) is 0. The van der Waals surface area contributed by atoms with Gasteiger partial charge in [0.25, 0.3) is 5.69 Å². The zero-order chi connectivity index (χ0) is 22.2. The van der Waals surface area contributed by atoms with Crippen molar-refractivity contribution in [1.29, 1.82) is 0 Å². The van der Waals surface area contributed by atoms with Crippen LogP contribution in [-0.2, 0) is 0 Å². The predicted octanol–water partition coefficient (Wildman–Crippen LogP) is 4.79. The second-order valence-electron chi connectivity index (χ2n) is 6.23. The second-order valence-corrected chi connectivity index (χ2v) is 6.23. The second kappa shape index (κ2) is 9.71. The van der Waals surface area contributed by atoms with E-state index in [9.17, 15) is 24.9 Å². The van der Waals surface area contributed by atoms with Gasteiger partial charge in [-0.1, -0.05) is 18.2 Å².